The first-order valence-corrected chi connectivity index (χ1v) is 9.25. The van der Waals surface area contributed by atoms with Gasteiger partial charge >= 0.3 is 0 Å². The average molecular weight is 378 g/mol. The quantitative estimate of drug-likeness (QED) is 0.707. The highest BCUT2D eigenvalue weighted by Gasteiger charge is 2.33. The lowest BCUT2D eigenvalue weighted by atomic mass is 9.97. The molecule has 0 aliphatic carbocycles. The summed E-state index contributed by atoms with van der Waals surface area (Å²) in [7, 11) is 1.99. The van der Waals surface area contributed by atoms with E-state index in [4.69, 9.17) is 17.3 Å². The summed E-state index contributed by atoms with van der Waals surface area (Å²) in [5, 5.41) is 20.0. The highest BCUT2D eigenvalue weighted by atomic mass is 35.5. The number of nitrogens with zero attached hydrogens (tertiary/aromatic N) is 4. The van der Waals surface area contributed by atoms with Crippen LogP contribution in [0.4, 0.5) is 5.13 Å². The normalized spacial score (nSPS) is 22.7. The summed E-state index contributed by atoms with van der Waals surface area (Å²) >= 11 is 7.73. The standard InChI is InChI=1S/C16H20ClN7S/c1-24(8-4-7-13-11(9-18)14(19)21-20-13)16-23-22-15(25-16)10-5-2-3-6-12(10)17/h2-3,5-6,11,13-14,20-21H,4,7-8,19H2,1H3. The van der Waals surface area contributed by atoms with Gasteiger partial charge in [0.05, 0.1) is 23.2 Å². The summed E-state index contributed by atoms with van der Waals surface area (Å²) in [6.07, 6.45) is 1.47. The number of benzene rings is 1. The van der Waals surface area contributed by atoms with Crippen molar-refractivity contribution >= 4 is 28.1 Å². The largest absolute Gasteiger partial charge is 0.350 e. The molecule has 2 aromatic rings. The number of halogens is 1. The Morgan fingerprint density at radius 1 is 1.36 bits per heavy atom. The molecule has 9 heteroatoms. The number of hydrazine groups is 1. The van der Waals surface area contributed by atoms with E-state index in [2.05, 4.69) is 32.0 Å². The predicted molar refractivity (Wildman–Crippen MR) is 100.0 cm³/mol. The number of nitriles is 1. The Hall–Kier alpha value is -1.76. The van der Waals surface area contributed by atoms with Crippen LogP contribution in [-0.2, 0) is 0 Å². The second kappa shape index (κ2) is 8.08. The maximum Gasteiger partial charge on any atom is 0.208 e. The maximum absolute atomic E-state index is 9.18. The third kappa shape index (κ3) is 4.08. The van der Waals surface area contributed by atoms with E-state index in [1.54, 1.807) is 0 Å². The van der Waals surface area contributed by atoms with Crippen molar-refractivity contribution in [3.8, 4) is 16.6 Å². The van der Waals surface area contributed by atoms with E-state index < -0.39 is 0 Å². The number of nitrogens with one attached hydrogen (secondary N) is 2. The minimum Gasteiger partial charge on any atom is -0.350 e. The third-order valence-corrected chi connectivity index (χ3v) is 5.66. The van der Waals surface area contributed by atoms with Gasteiger partial charge in [-0.3, -0.25) is 5.43 Å². The van der Waals surface area contributed by atoms with Crippen molar-refractivity contribution in [1.82, 2.24) is 21.0 Å². The second-order valence-electron chi connectivity index (χ2n) is 6.01. The van der Waals surface area contributed by atoms with Gasteiger partial charge in [-0.25, -0.2) is 5.43 Å². The molecule has 1 saturated heterocycles. The lowest BCUT2D eigenvalue weighted by Gasteiger charge is -2.18. The van der Waals surface area contributed by atoms with Crippen LogP contribution in [0.2, 0.25) is 5.02 Å². The van der Waals surface area contributed by atoms with Crippen molar-refractivity contribution in [2.75, 3.05) is 18.5 Å². The fourth-order valence-corrected chi connectivity index (χ4v) is 3.96. The summed E-state index contributed by atoms with van der Waals surface area (Å²) in [4.78, 5) is 2.07. The molecule has 2 heterocycles. The number of aromatic nitrogens is 2. The molecular formula is C16H20ClN7S. The molecule has 25 heavy (non-hydrogen) atoms. The van der Waals surface area contributed by atoms with Crippen LogP contribution >= 0.6 is 22.9 Å². The number of hydrogen-bond donors (Lipinski definition) is 3. The molecule has 7 nitrogen and oxygen atoms in total. The Bertz CT molecular complexity index is 759. The first kappa shape index (κ1) is 18.0. The molecule has 4 N–H and O–H groups in total. The molecule has 3 atom stereocenters. The van der Waals surface area contributed by atoms with E-state index in [1.165, 1.54) is 11.3 Å². The van der Waals surface area contributed by atoms with E-state index in [9.17, 15) is 5.26 Å². The van der Waals surface area contributed by atoms with Crippen LogP contribution < -0.4 is 21.5 Å². The fourth-order valence-electron chi connectivity index (χ4n) is 2.81. The summed E-state index contributed by atoms with van der Waals surface area (Å²) in [6.45, 7) is 0.822. The van der Waals surface area contributed by atoms with Crippen LogP contribution in [0.15, 0.2) is 24.3 Å². The van der Waals surface area contributed by atoms with Crippen LogP contribution in [0.5, 0.6) is 0 Å². The van der Waals surface area contributed by atoms with Crippen LogP contribution in [0.3, 0.4) is 0 Å². The van der Waals surface area contributed by atoms with Gasteiger partial charge < -0.3 is 10.6 Å². The Kier molecular flexibility index (Phi) is 5.83. The molecular weight excluding hydrogens is 358 g/mol. The first-order valence-electron chi connectivity index (χ1n) is 8.06. The van der Waals surface area contributed by atoms with Crippen molar-refractivity contribution in [1.29, 1.82) is 5.26 Å². The molecule has 0 saturated carbocycles. The van der Waals surface area contributed by atoms with Crippen molar-refractivity contribution < 1.29 is 0 Å². The molecule has 0 bridgehead atoms. The molecule has 0 radical (unpaired) electrons. The van der Waals surface area contributed by atoms with Gasteiger partial charge in [0.25, 0.3) is 0 Å². The summed E-state index contributed by atoms with van der Waals surface area (Å²) in [5.41, 5.74) is 12.8. The molecule has 1 aliphatic rings. The lowest BCUT2D eigenvalue weighted by molar-refractivity contribution is 0.463. The zero-order valence-corrected chi connectivity index (χ0v) is 15.4. The van der Waals surface area contributed by atoms with E-state index in [-0.39, 0.29) is 18.1 Å². The number of hydrogen-bond acceptors (Lipinski definition) is 8. The minimum absolute atomic E-state index is 0.0708. The zero-order chi connectivity index (χ0) is 17.8. The van der Waals surface area contributed by atoms with E-state index in [0.717, 1.165) is 35.1 Å². The van der Waals surface area contributed by atoms with E-state index >= 15 is 0 Å². The zero-order valence-electron chi connectivity index (χ0n) is 13.8. The summed E-state index contributed by atoms with van der Waals surface area (Å²) < 4.78 is 0. The molecule has 3 rings (SSSR count). The molecule has 132 valence electrons. The van der Waals surface area contributed by atoms with Crippen LogP contribution in [0, 0.1) is 17.2 Å². The van der Waals surface area contributed by atoms with Gasteiger partial charge in [-0.2, -0.15) is 5.26 Å². The van der Waals surface area contributed by atoms with Gasteiger partial charge in [0, 0.05) is 25.2 Å². The first-order chi connectivity index (χ1) is 12.1. The topological polar surface area (TPSA) is 103 Å². The SMILES string of the molecule is CN(CCCC1NNC(N)C1C#N)c1nnc(-c2ccccc2Cl)s1. The van der Waals surface area contributed by atoms with Gasteiger partial charge in [-0.05, 0) is 18.9 Å². The highest BCUT2D eigenvalue weighted by molar-refractivity contribution is 7.18. The van der Waals surface area contributed by atoms with E-state index in [0.29, 0.717) is 5.02 Å². The number of nitrogens with two attached hydrogens (primary N) is 1. The monoisotopic (exact) mass is 377 g/mol. The molecule has 3 unspecified atom stereocenters. The number of rotatable bonds is 6. The average Bonchev–Trinajstić information content (AvgIpc) is 3.22. The molecule has 1 aromatic carbocycles. The molecule has 1 aromatic heterocycles. The van der Waals surface area contributed by atoms with Gasteiger partial charge in [0.1, 0.15) is 0 Å². The second-order valence-corrected chi connectivity index (χ2v) is 7.37. The molecule has 1 aliphatic heterocycles. The van der Waals surface area contributed by atoms with Crippen LogP contribution in [0.25, 0.3) is 10.6 Å². The predicted octanol–water partition coefficient (Wildman–Crippen LogP) is 1.98. The highest BCUT2D eigenvalue weighted by Crippen LogP contribution is 2.32. The lowest BCUT2D eigenvalue weighted by Crippen LogP contribution is -2.38. The Labute approximate surface area is 155 Å². The third-order valence-electron chi connectivity index (χ3n) is 4.26. The Balaban J connectivity index is 1.55. The van der Waals surface area contributed by atoms with Gasteiger partial charge in [0.2, 0.25) is 5.13 Å². The van der Waals surface area contributed by atoms with Crippen LogP contribution in [0.1, 0.15) is 12.8 Å². The van der Waals surface area contributed by atoms with Crippen molar-refractivity contribution in [3.05, 3.63) is 29.3 Å². The molecule has 0 spiro atoms. The smallest absolute Gasteiger partial charge is 0.208 e. The summed E-state index contributed by atoms with van der Waals surface area (Å²) in [6, 6.07) is 9.95. The molecule has 1 fully saturated rings. The maximum atomic E-state index is 9.18. The van der Waals surface area contributed by atoms with Gasteiger partial charge in [0.15, 0.2) is 5.01 Å². The van der Waals surface area contributed by atoms with Crippen LogP contribution in [-0.4, -0.2) is 36.0 Å². The van der Waals surface area contributed by atoms with Crippen molar-refractivity contribution in [2.24, 2.45) is 11.7 Å². The minimum atomic E-state index is -0.311. The van der Waals surface area contributed by atoms with Gasteiger partial charge in [-0.15, -0.1) is 10.2 Å². The Morgan fingerprint density at radius 2 is 2.16 bits per heavy atom. The van der Waals surface area contributed by atoms with E-state index in [1.807, 2.05) is 31.3 Å². The fraction of sp³-hybridized carbons (Fsp3) is 0.438. The Morgan fingerprint density at radius 3 is 2.92 bits per heavy atom. The molecule has 0 amide bonds. The van der Waals surface area contributed by atoms with Gasteiger partial charge in [-0.1, -0.05) is 41.1 Å². The number of anilines is 1. The summed E-state index contributed by atoms with van der Waals surface area (Å²) in [5.74, 6) is -0.210. The van der Waals surface area contributed by atoms with Crippen molar-refractivity contribution in [3.63, 3.8) is 0 Å². The van der Waals surface area contributed by atoms with Crippen molar-refractivity contribution in [2.45, 2.75) is 25.0 Å².